The van der Waals surface area contributed by atoms with E-state index in [0.29, 0.717) is 18.4 Å². The van der Waals surface area contributed by atoms with Gasteiger partial charge in [-0.25, -0.2) is 8.78 Å². The molecule has 0 aliphatic heterocycles. The molecule has 0 aromatic heterocycles. The maximum absolute atomic E-state index is 14.0. The van der Waals surface area contributed by atoms with Crippen LogP contribution >= 0.6 is 0 Å². The van der Waals surface area contributed by atoms with Crippen LogP contribution in [-0.4, -0.2) is 12.5 Å². The standard InChI is InChI=1S/C16H22F2N2O/c1-11-6-7-12(17)14(13(11)18)20-15(21)16(10-19)8-4-2-3-5-9-16/h6-7H,2-5,8-10,19H2,1H3,(H,20,21). The summed E-state index contributed by atoms with van der Waals surface area (Å²) >= 11 is 0. The number of amides is 1. The lowest BCUT2D eigenvalue weighted by atomic mass is 9.79. The summed E-state index contributed by atoms with van der Waals surface area (Å²) in [6.45, 7) is 1.74. The van der Waals surface area contributed by atoms with E-state index in [1.54, 1.807) is 0 Å². The average molecular weight is 296 g/mol. The highest BCUT2D eigenvalue weighted by Gasteiger charge is 2.38. The maximum Gasteiger partial charge on any atom is 0.232 e. The third kappa shape index (κ3) is 3.23. The van der Waals surface area contributed by atoms with Crippen molar-refractivity contribution in [1.82, 2.24) is 0 Å². The molecule has 0 bridgehead atoms. The highest BCUT2D eigenvalue weighted by Crippen LogP contribution is 2.36. The van der Waals surface area contributed by atoms with E-state index in [9.17, 15) is 13.6 Å². The fraction of sp³-hybridized carbons (Fsp3) is 0.562. The predicted molar refractivity (Wildman–Crippen MR) is 78.9 cm³/mol. The molecule has 21 heavy (non-hydrogen) atoms. The van der Waals surface area contributed by atoms with Gasteiger partial charge < -0.3 is 11.1 Å². The molecule has 1 amide bonds. The number of hydrogen-bond acceptors (Lipinski definition) is 2. The smallest absolute Gasteiger partial charge is 0.232 e. The first-order chi connectivity index (χ1) is 10.00. The van der Waals surface area contributed by atoms with Crippen molar-refractivity contribution < 1.29 is 13.6 Å². The monoisotopic (exact) mass is 296 g/mol. The summed E-state index contributed by atoms with van der Waals surface area (Å²) in [6.07, 6.45) is 5.33. The van der Waals surface area contributed by atoms with Crippen molar-refractivity contribution >= 4 is 11.6 Å². The Bertz CT molecular complexity index is 523. The van der Waals surface area contributed by atoms with Crippen LogP contribution in [0.15, 0.2) is 12.1 Å². The number of halogens is 2. The van der Waals surface area contributed by atoms with Crippen molar-refractivity contribution in [2.24, 2.45) is 11.1 Å². The Morgan fingerprint density at radius 3 is 2.43 bits per heavy atom. The van der Waals surface area contributed by atoms with Gasteiger partial charge in [-0.15, -0.1) is 0 Å². The zero-order valence-electron chi connectivity index (χ0n) is 12.3. The van der Waals surface area contributed by atoms with Crippen LogP contribution < -0.4 is 11.1 Å². The highest BCUT2D eigenvalue weighted by atomic mass is 19.1. The molecule has 0 unspecified atom stereocenters. The Labute approximate surface area is 123 Å². The summed E-state index contributed by atoms with van der Waals surface area (Å²) in [5.74, 6) is -1.84. The summed E-state index contributed by atoms with van der Waals surface area (Å²) in [4.78, 5) is 12.6. The van der Waals surface area contributed by atoms with Crippen LogP contribution in [-0.2, 0) is 4.79 Å². The molecule has 1 aliphatic carbocycles. The van der Waals surface area contributed by atoms with Crippen LogP contribution in [0.1, 0.15) is 44.1 Å². The highest BCUT2D eigenvalue weighted by molar-refractivity contribution is 5.95. The lowest BCUT2D eigenvalue weighted by Crippen LogP contribution is -2.42. The lowest BCUT2D eigenvalue weighted by molar-refractivity contribution is -0.125. The molecule has 1 aromatic rings. The molecule has 0 heterocycles. The van der Waals surface area contributed by atoms with E-state index in [4.69, 9.17) is 5.73 Å². The van der Waals surface area contributed by atoms with Gasteiger partial charge in [-0.2, -0.15) is 0 Å². The molecule has 0 spiro atoms. The number of nitrogens with one attached hydrogen (secondary N) is 1. The van der Waals surface area contributed by atoms with Crippen molar-refractivity contribution in [2.45, 2.75) is 45.4 Å². The van der Waals surface area contributed by atoms with E-state index in [1.165, 1.54) is 13.0 Å². The Hall–Kier alpha value is -1.49. The Balaban J connectivity index is 2.25. The minimum Gasteiger partial charge on any atom is -0.329 e. The second kappa shape index (κ2) is 6.52. The molecule has 3 nitrogen and oxygen atoms in total. The molecule has 3 N–H and O–H groups in total. The van der Waals surface area contributed by atoms with E-state index in [1.807, 2.05) is 0 Å². The summed E-state index contributed by atoms with van der Waals surface area (Å²) in [7, 11) is 0. The molecule has 0 radical (unpaired) electrons. The van der Waals surface area contributed by atoms with Crippen molar-refractivity contribution in [3.05, 3.63) is 29.3 Å². The third-order valence-electron chi connectivity index (χ3n) is 4.46. The molecule has 116 valence electrons. The van der Waals surface area contributed by atoms with Crippen LogP contribution in [0.3, 0.4) is 0 Å². The molecule has 5 heteroatoms. The second-order valence-electron chi connectivity index (χ2n) is 5.91. The quantitative estimate of drug-likeness (QED) is 0.839. The van der Waals surface area contributed by atoms with Gasteiger partial charge in [0.1, 0.15) is 11.5 Å². The van der Waals surface area contributed by atoms with Crippen molar-refractivity contribution in [1.29, 1.82) is 0 Å². The minimum absolute atomic E-state index is 0.202. The van der Waals surface area contributed by atoms with Gasteiger partial charge >= 0.3 is 0 Å². The van der Waals surface area contributed by atoms with Crippen LogP contribution in [0.2, 0.25) is 0 Å². The fourth-order valence-electron chi connectivity index (χ4n) is 2.95. The van der Waals surface area contributed by atoms with Gasteiger partial charge in [0, 0.05) is 6.54 Å². The van der Waals surface area contributed by atoms with E-state index < -0.39 is 17.0 Å². The van der Waals surface area contributed by atoms with Crippen LogP contribution in [0.5, 0.6) is 0 Å². The number of rotatable bonds is 3. The van der Waals surface area contributed by atoms with E-state index in [0.717, 1.165) is 31.7 Å². The van der Waals surface area contributed by atoms with Crippen molar-refractivity contribution in [3.8, 4) is 0 Å². The number of carbonyl (C=O) groups excluding carboxylic acids is 1. The summed E-state index contributed by atoms with van der Waals surface area (Å²) < 4.78 is 27.8. The van der Waals surface area contributed by atoms with Crippen molar-refractivity contribution in [3.63, 3.8) is 0 Å². The minimum atomic E-state index is -0.757. The zero-order valence-corrected chi connectivity index (χ0v) is 12.3. The number of benzene rings is 1. The molecule has 0 saturated heterocycles. The summed E-state index contributed by atoms with van der Waals surface area (Å²) in [5, 5.41) is 2.44. The first-order valence-corrected chi connectivity index (χ1v) is 7.46. The molecular weight excluding hydrogens is 274 g/mol. The summed E-state index contributed by atoms with van der Waals surface area (Å²) in [5.41, 5.74) is 5.05. The van der Waals surface area contributed by atoms with Gasteiger partial charge in [0.05, 0.1) is 5.41 Å². The number of nitrogens with two attached hydrogens (primary N) is 1. The van der Waals surface area contributed by atoms with Gasteiger partial charge in [-0.1, -0.05) is 31.7 Å². The van der Waals surface area contributed by atoms with E-state index >= 15 is 0 Å². The zero-order chi connectivity index (χ0) is 15.5. The molecule has 0 atom stereocenters. The molecule has 1 aromatic carbocycles. The van der Waals surface area contributed by atoms with Gasteiger partial charge in [0.2, 0.25) is 5.91 Å². The molecule has 1 fully saturated rings. The van der Waals surface area contributed by atoms with Crippen LogP contribution in [0.25, 0.3) is 0 Å². The predicted octanol–water partition coefficient (Wildman–Crippen LogP) is 3.51. The van der Waals surface area contributed by atoms with Gasteiger partial charge in [0.15, 0.2) is 5.82 Å². The lowest BCUT2D eigenvalue weighted by Gasteiger charge is -2.30. The maximum atomic E-state index is 14.0. The van der Waals surface area contributed by atoms with Gasteiger partial charge in [-0.05, 0) is 31.4 Å². The first kappa shape index (κ1) is 15.9. The Morgan fingerprint density at radius 2 is 1.86 bits per heavy atom. The molecular formula is C16H22F2N2O. The topological polar surface area (TPSA) is 55.1 Å². The molecule has 1 aliphatic rings. The van der Waals surface area contributed by atoms with Crippen LogP contribution in [0, 0.1) is 24.0 Å². The fourth-order valence-corrected chi connectivity index (χ4v) is 2.95. The number of carbonyl (C=O) groups is 1. The number of anilines is 1. The van der Waals surface area contributed by atoms with Crippen molar-refractivity contribution in [2.75, 3.05) is 11.9 Å². The van der Waals surface area contributed by atoms with E-state index in [-0.39, 0.29) is 18.1 Å². The molecule has 1 saturated carbocycles. The van der Waals surface area contributed by atoms with Gasteiger partial charge in [0.25, 0.3) is 0 Å². The van der Waals surface area contributed by atoms with Crippen LogP contribution in [0.4, 0.5) is 14.5 Å². The second-order valence-corrected chi connectivity index (χ2v) is 5.91. The van der Waals surface area contributed by atoms with E-state index in [2.05, 4.69) is 5.32 Å². The van der Waals surface area contributed by atoms with Gasteiger partial charge in [-0.3, -0.25) is 4.79 Å². The Kier molecular flexibility index (Phi) is 4.93. The average Bonchev–Trinajstić information content (AvgIpc) is 2.74. The SMILES string of the molecule is Cc1ccc(F)c(NC(=O)C2(CN)CCCCCC2)c1F. The summed E-state index contributed by atoms with van der Waals surface area (Å²) in [6, 6.07) is 2.51. The first-order valence-electron chi connectivity index (χ1n) is 7.46. The normalized spacial score (nSPS) is 18.1. The Morgan fingerprint density at radius 1 is 1.24 bits per heavy atom. The number of aryl methyl sites for hydroxylation is 1. The molecule has 2 rings (SSSR count). The third-order valence-corrected chi connectivity index (χ3v) is 4.46. The largest absolute Gasteiger partial charge is 0.329 e. The number of hydrogen-bond donors (Lipinski definition) is 2.